The van der Waals surface area contributed by atoms with Crippen molar-refractivity contribution in [3.63, 3.8) is 0 Å². The number of benzene rings is 2. The number of hydrogen-bond donors (Lipinski definition) is 0. The van der Waals surface area contributed by atoms with Crippen molar-refractivity contribution >= 4 is 22.7 Å². The van der Waals surface area contributed by atoms with Crippen LogP contribution in [-0.4, -0.2) is 29.9 Å². The number of nitrogens with zero attached hydrogens (tertiary/aromatic N) is 2. The third-order valence-electron chi connectivity index (χ3n) is 6.33. The fourth-order valence-corrected chi connectivity index (χ4v) is 4.81. The van der Waals surface area contributed by atoms with Crippen molar-refractivity contribution in [1.29, 1.82) is 0 Å². The molecule has 3 aliphatic rings. The van der Waals surface area contributed by atoms with E-state index < -0.39 is 5.72 Å². The number of hydrogen-bond acceptors (Lipinski definition) is 3. The monoisotopic (exact) mass is 330 g/mol. The highest BCUT2D eigenvalue weighted by atomic mass is 16.5. The second-order valence-corrected chi connectivity index (χ2v) is 7.81. The molecule has 2 aromatic carbocycles. The summed E-state index contributed by atoms with van der Waals surface area (Å²) < 4.78 is 6.72. The molecule has 2 aliphatic heterocycles. The zero-order valence-corrected chi connectivity index (χ0v) is 14.8. The van der Waals surface area contributed by atoms with Gasteiger partial charge in [0.25, 0.3) is 0 Å². The summed E-state index contributed by atoms with van der Waals surface area (Å²) in [5, 5.41) is 2.33. The van der Waals surface area contributed by atoms with Crippen molar-refractivity contribution in [2.24, 2.45) is 16.3 Å². The first kappa shape index (κ1) is 14.9. The van der Waals surface area contributed by atoms with E-state index in [1.807, 2.05) is 6.21 Å². The molecular formula is C22H22N2O. The largest absolute Gasteiger partial charge is 0.464 e. The van der Waals surface area contributed by atoms with Gasteiger partial charge in [0.15, 0.2) is 0 Å². The zero-order chi connectivity index (χ0) is 17.2. The summed E-state index contributed by atoms with van der Waals surface area (Å²) in [5.41, 5.74) is 0.297. The van der Waals surface area contributed by atoms with Crippen LogP contribution in [0.15, 0.2) is 65.7 Å². The smallest absolute Gasteiger partial charge is 0.205 e. The van der Waals surface area contributed by atoms with Gasteiger partial charge in [-0.3, -0.25) is 9.89 Å². The predicted octanol–water partition coefficient (Wildman–Crippen LogP) is 4.71. The molecule has 2 aromatic rings. The van der Waals surface area contributed by atoms with E-state index in [1.54, 1.807) is 0 Å². The first-order chi connectivity index (χ1) is 12.0. The molecule has 126 valence electrons. The lowest BCUT2D eigenvalue weighted by Crippen LogP contribution is -2.58. The lowest BCUT2D eigenvalue weighted by molar-refractivity contribution is -0.0526. The molecule has 3 unspecified atom stereocenters. The van der Waals surface area contributed by atoms with Crippen LogP contribution in [0.5, 0.6) is 5.75 Å². The van der Waals surface area contributed by atoms with Gasteiger partial charge in [-0.05, 0) is 18.5 Å². The number of likely N-dealkylation sites (N-methyl/N-ethyl adjacent to an activating group) is 1. The number of rotatable bonds is 0. The molecule has 3 heteroatoms. The highest BCUT2D eigenvalue weighted by Gasteiger charge is 2.63. The van der Waals surface area contributed by atoms with Crippen LogP contribution in [0.1, 0.15) is 13.8 Å². The van der Waals surface area contributed by atoms with Crippen LogP contribution in [0.4, 0.5) is 5.69 Å². The van der Waals surface area contributed by atoms with Crippen molar-refractivity contribution in [2.75, 3.05) is 7.05 Å². The standard InChI is InChI=1S/C22H22N2O/c1-21(2)17-10-6-7-11-18(17)24(3)22(21)14-23-20-16-9-5-4-8-15(16)12-13-19(20)25-22/h4-14,17-18H,1-3H3. The van der Waals surface area contributed by atoms with Gasteiger partial charge in [-0.25, -0.2) is 0 Å². The van der Waals surface area contributed by atoms with Gasteiger partial charge >= 0.3 is 0 Å². The molecular weight excluding hydrogens is 308 g/mol. The Morgan fingerprint density at radius 1 is 1.04 bits per heavy atom. The van der Waals surface area contributed by atoms with E-state index in [4.69, 9.17) is 9.73 Å². The molecule has 1 saturated heterocycles. The second kappa shape index (κ2) is 4.83. The molecule has 2 heterocycles. The van der Waals surface area contributed by atoms with Crippen LogP contribution in [0.3, 0.4) is 0 Å². The second-order valence-electron chi connectivity index (χ2n) is 7.81. The van der Waals surface area contributed by atoms with Gasteiger partial charge in [0.2, 0.25) is 5.72 Å². The lowest BCUT2D eigenvalue weighted by atomic mass is 9.71. The van der Waals surface area contributed by atoms with Crippen LogP contribution < -0.4 is 4.74 Å². The molecule has 0 radical (unpaired) electrons. The van der Waals surface area contributed by atoms with E-state index >= 15 is 0 Å². The van der Waals surface area contributed by atoms with E-state index in [0.29, 0.717) is 12.0 Å². The van der Waals surface area contributed by atoms with Crippen LogP contribution in [0.25, 0.3) is 10.8 Å². The van der Waals surface area contributed by atoms with E-state index in [9.17, 15) is 0 Å². The quantitative estimate of drug-likeness (QED) is 0.698. The first-order valence-electron chi connectivity index (χ1n) is 8.88. The number of allylic oxidation sites excluding steroid dienone is 2. The molecule has 0 bridgehead atoms. The maximum absolute atomic E-state index is 6.72. The van der Waals surface area contributed by atoms with E-state index in [-0.39, 0.29) is 5.41 Å². The number of aliphatic imine (C=N–C) groups is 1. The van der Waals surface area contributed by atoms with Crippen molar-refractivity contribution in [2.45, 2.75) is 25.6 Å². The Bertz CT molecular complexity index is 956. The van der Waals surface area contributed by atoms with E-state index in [0.717, 1.165) is 16.8 Å². The molecule has 0 saturated carbocycles. The molecule has 0 N–H and O–H groups in total. The van der Waals surface area contributed by atoms with E-state index in [2.05, 4.69) is 86.5 Å². The normalized spacial score (nSPS) is 32.0. The number of ether oxygens (including phenoxy) is 1. The Kier molecular flexibility index (Phi) is 2.88. The maximum Gasteiger partial charge on any atom is 0.205 e. The minimum absolute atomic E-state index is 0.0967. The Balaban J connectivity index is 1.68. The predicted molar refractivity (Wildman–Crippen MR) is 103 cm³/mol. The summed E-state index contributed by atoms with van der Waals surface area (Å²) in [6, 6.07) is 12.9. The Morgan fingerprint density at radius 2 is 1.84 bits per heavy atom. The van der Waals surface area contributed by atoms with Gasteiger partial charge in [0.1, 0.15) is 11.4 Å². The van der Waals surface area contributed by atoms with Crippen LogP contribution in [-0.2, 0) is 0 Å². The fraction of sp³-hybridized carbons (Fsp3) is 0.318. The molecule has 5 rings (SSSR count). The minimum Gasteiger partial charge on any atom is -0.464 e. The highest BCUT2D eigenvalue weighted by molar-refractivity contribution is 5.98. The van der Waals surface area contributed by atoms with Gasteiger partial charge in [0, 0.05) is 22.8 Å². The third-order valence-corrected chi connectivity index (χ3v) is 6.33. The average molecular weight is 330 g/mol. The van der Waals surface area contributed by atoms with Gasteiger partial charge in [-0.1, -0.05) is 68.5 Å². The molecule has 0 aromatic heterocycles. The van der Waals surface area contributed by atoms with Gasteiger partial charge in [-0.2, -0.15) is 0 Å². The molecule has 1 spiro atoms. The van der Waals surface area contributed by atoms with Crippen LogP contribution in [0, 0.1) is 11.3 Å². The Morgan fingerprint density at radius 3 is 2.68 bits per heavy atom. The molecule has 25 heavy (non-hydrogen) atoms. The minimum atomic E-state index is -0.545. The first-order valence-corrected chi connectivity index (χ1v) is 8.88. The molecule has 3 nitrogen and oxygen atoms in total. The highest BCUT2D eigenvalue weighted by Crippen LogP contribution is 2.56. The summed E-state index contributed by atoms with van der Waals surface area (Å²) in [6.45, 7) is 4.57. The molecule has 0 amide bonds. The number of likely N-dealkylation sites (tertiary alicyclic amines) is 1. The topological polar surface area (TPSA) is 24.8 Å². The molecule has 3 atom stereocenters. The molecule has 1 fully saturated rings. The van der Waals surface area contributed by atoms with Crippen molar-refractivity contribution in [3.05, 3.63) is 60.7 Å². The van der Waals surface area contributed by atoms with Crippen LogP contribution in [0.2, 0.25) is 0 Å². The van der Waals surface area contributed by atoms with E-state index in [1.165, 1.54) is 5.39 Å². The number of fused-ring (bicyclic) bond motifs is 4. The lowest BCUT2D eigenvalue weighted by Gasteiger charge is -2.45. The fourth-order valence-electron chi connectivity index (χ4n) is 4.81. The van der Waals surface area contributed by atoms with Gasteiger partial charge in [-0.15, -0.1) is 0 Å². The Labute approximate surface area is 148 Å². The maximum atomic E-state index is 6.72. The van der Waals surface area contributed by atoms with Gasteiger partial charge in [0.05, 0.1) is 6.21 Å². The van der Waals surface area contributed by atoms with Crippen LogP contribution >= 0.6 is 0 Å². The van der Waals surface area contributed by atoms with Crippen molar-refractivity contribution in [1.82, 2.24) is 4.90 Å². The van der Waals surface area contributed by atoms with Gasteiger partial charge < -0.3 is 4.74 Å². The summed E-state index contributed by atoms with van der Waals surface area (Å²) in [4.78, 5) is 7.25. The summed E-state index contributed by atoms with van der Waals surface area (Å²) in [5.74, 6) is 1.27. The molecule has 1 aliphatic carbocycles. The Hall–Kier alpha value is -2.39. The van der Waals surface area contributed by atoms with Crippen molar-refractivity contribution in [3.8, 4) is 5.75 Å². The zero-order valence-electron chi connectivity index (χ0n) is 14.8. The summed E-state index contributed by atoms with van der Waals surface area (Å²) in [6.07, 6.45) is 10.9. The average Bonchev–Trinajstić information content (AvgIpc) is 2.81. The summed E-state index contributed by atoms with van der Waals surface area (Å²) in [7, 11) is 2.15. The third kappa shape index (κ3) is 1.77. The SMILES string of the molecule is CN1C2C=CC=CC2C(C)(C)C12C=Nc1c(ccc3ccccc13)O2. The van der Waals surface area contributed by atoms with Crippen molar-refractivity contribution < 1.29 is 4.74 Å². The summed E-state index contributed by atoms with van der Waals surface area (Å²) >= 11 is 0.